The molecule has 2 rings (SSSR count). The van der Waals surface area contributed by atoms with Crippen LogP contribution in [0, 0.1) is 0 Å². The van der Waals surface area contributed by atoms with E-state index in [1.165, 1.54) is 0 Å². The second-order valence-electron chi connectivity index (χ2n) is 4.09. The zero-order chi connectivity index (χ0) is 11.2. The lowest BCUT2D eigenvalue weighted by Crippen LogP contribution is -2.27. The Morgan fingerprint density at radius 1 is 1.25 bits per heavy atom. The van der Waals surface area contributed by atoms with E-state index in [0.717, 1.165) is 38.0 Å². The highest BCUT2D eigenvalue weighted by molar-refractivity contribution is 5.16. The molecule has 16 heavy (non-hydrogen) atoms. The third-order valence-electron chi connectivity index (χ3n) is 2.83. The molecule has 0 aliphatic carbocycles. The molecule has 2 atom stereocenters. The molecule has 1 saturated heterocycles. The summed E-state index contributed by atoms with van der Waals surface area (Å²) in [5.74, 6) is 0. The quantitative estimate of drug-likeness (QED) is 0.848. The van der Waals surface area contributed by atoms with Gasteiger partial charge in [0.15, 0.2) is 6.29 Å². The molecule has 88 valence electrons. The summed E-state index contributed by atoms with van der Waals surface area (Å²) in [5, 5.41) is 0. The highest BCUT2D eigenvalue weighted by Crippen LogP contribution is 2.27. The summed E-state index contributed by atoms with van der Waals surface area (Å²) in [5.41, 5.74) is 6.60. The summed E-state index contributed by atoms with van der Waals surface area (Å²) in [6.45, 7) is 1.51. The van der Waals surface area contributed by atoms with Gasteiger partial charge < -0.3 is 15.2 Å². The van der Waals surface area contributed by atoms with E-state index in [1.54, 1.807) is 0 Å². The van der Waals surface area contributed by atoms with Crippen molar-refractivity contribution in [1.29, 1.82) is 0 Å². The topological polar surface area (TPSA) is 44.5 Å². The fourth-order valence-electron chi connectivity index (χ4n) is 1.93. The van der Waals surface area contributed by atoms with Crippen LogP contribution in [0.15, 0.2) is 30.3 Å². The average molecular weight is 221 g/mol. The molecule has 0 spiro atoms. The maximum atomic E-state index is 5.90. The Hall–Kier alpha value is -0.900. The van der Waals surface area contributed by atoms with Crippen molar-refractivity contribution in [3.63, 3.8) is 0 Å². The van der Waals surface area contributed by atoms with Gasteiger partial charge in [-0.3, -0.25) is 0 Å². The van der Waals surface area contributed by atoms with Gasteiger partial charge in [0, 0.05) is 5.56 Å². The van der Waals surface area contributed by atoms with Crippen molar-refractivity contribution in [2.45, 2.75) is 31.7 Å². The van der Waals surface area contributed by atoms with Crippen molar-refractivity contribution in [2.24, 2.45) is 5.73 Å². The molecule has 2 N–H and O–H groups in total. The Morgan fingerprint density at radius 3 is 2.81 bits per heavy atom. The van der Waals surface area contributed by atoms with Gasteiger partial charge in [-0.2, -0.15) is 0 Å². The van der Waals surface area contributed by atoms with Crippen molar-refractivity contribution in [3.05, 3.63) is 35.9 Å². The van der Waals surface area contributed by atoms with E-state index in [0.29, 0.717) is 6.10 Å². The van der Waals surface area contributed by atoms with E-state index in [2.05, 4.69) is 0 Å². The van der Waals surface area contributed by atoms with Gasteiger partial charge in [-0.25, -0.2) is 0 Å². The molecule has 0 saturated carbocycles. The molecule has 1 aromatic rings. The van der Waals surface area contributed by atoms with Crippen LogP contribution >= 0.6 is 0 Å². The first-order chi connectivity index (χ1) is 7.90. The third-order valence-corrected chi connectivity index (χ3v) is 2.83. The molecule has 1 aliphatic heterocycles. The van der Waals surface area contributed by atoms with Crippen molar-refractivity contribution in [2.75, 3.05) is 13.2 Å². The second kappa shape index (κ2) is 5.99. The molecule has 0 amide bonds. The minimum absolute atomic E-state index is 0.197. The van der Waals surface area contributed by atoms with Crippen molar-refractivity contribution in [3.8, 4) is 0 Å². The van der Waals surface area contributed by atoms with Gasteiger partial charge in [0.05, 0.1) is 12.7 Å². The predicted molar refractivity (Wildman–Crippen MR) is 62.9 cm³/mol. The molecule has 1 aromatic carbocycles. The van der Waals surface area contributed by atoms with E-state index in [9.17, 15) is 0 Å². The normalized spacial score (nSPS) is 25.6. The number of rotatable bonds is 4. The van der Waals surface area contributed by atoms with Crippen LogP contribution in [0.25, 0.3) is 0 Å². The van der Waals surface area contributed by atoms with Gasteiger partial charge in [-0.1, -0.05) is 30.3 Å². The minimum atomic E-state index is -0.197. The summed E-state index contributed by atoms with van der Waals surface area (Å²) in [6.07, 6.45) is 3.12. The van der Waals surface area contributed by atoms with Crippen LogP contribution in [-0.4, -0.2) is 19.3 Å². The van der Waals surface area contributed by atoms with Crippen molar-refractivity contribution in [1.82, 2.24) is 0 Å². The van der Waals surface area contributed by atoms with E-state index in [4.69, 9.17) is 15.2 Å². The molecular weight excluding hydrogens is 202 g/mol. The largest absolute Gasteiger partial charge is 0.348 e. The second-order valence-corrected chi connectivity index (χ2v) is 4.09. The lowest BCUT2D eigenvalue weighted by atomic mass is 10.1. The standard InChI is InChI=1S/C13H19NO2/c14-9-4-7-12-8-10-15-13(16-12)11-5-2-1-3-6-11/h1-3,5-6,12-13H,4,7-10,14H2/t12-,13+/m1/s1. The van der Waals surface area contributed by atoms with Crippen LogP contribution in [0.2, 0.25) is 0 Å². The van der Waals surface area contributed by atoms with Crippen LogP contribution < -0.4 is 5.73 Å². The first-order valence-electron chi connectivity index (χ1n) is 5.92. The maximum absolute atomic E-state index is 5.90. The Kier molecular flexibility index (Phi) is 4.34. The first kappa shape index (κ1) is 11.6. The molecule has 0 aromatic heterocycles. The fourth-order valence-corrected chi connectivity index (χ4v) is 1.93. The van der Waals surface area contributed by atoms with Gasteiger partial charge in [0.25, 0.3) is 0 Å². The van der Waals surface area contributed by atoms with Crippen LogP contribution in [-0.2, 0) is 9.47 Å². The van der Waals surface area contributed by atoms with Crippen LogP contribution in [0.1, 0.15) is 31.1 Å². The third kappa shape index (κ3) is 3.04. The summed E-state index contributed by atoms with van der Waals surface area (Å²) < 4.78 is 11.5. The summed E-state index contributed by atoms with van der Waals surface area (Å²) >= 11 is 0. The highest BCUT2D eigenvalue weighted by atomic mass is 16.7. The Bertz CT molecular complexity index is 302. The monoisotopic (exact) mass is 221 g/mol. The van der Waals surface area contributed by atoms with Crippen molar-refractivity contribution < 1.29 is 9.47 Å². The Morgan fingerprint density at radius 2 is 2.06 bits per heavy atom. The lowest BCUT2D eigenvalue weighted by molar-refractivity contribution is -0.218. The molecule has 0 bridgehead atoms. The summed E-state index contributed by atoms with van der Waals surface area (Å²) in [6, 6.07) is 10.1. The molecular formula is C13H19NO2. The molecule has 1 aliphatic rings. The van der Waals surface area contributed by atoms with E-state index in [-0.39, 0.29) is 6.29 Å². The molecule has 3 heteroatoms. The predicted octanol–water partition coefficient (Wildman–Crippen LogP) is 2.23. The van der Waals surface area contributed by atoms with E-state index in [1.807, 2.05) is 30.3 Å². The van der Waals surface area contributed by atoms with Crippen LogP contribution in [0.4, 0.5) is 0 Å². The van der Waals surface area contributed by atoms with Crippen LogP contribution in [0.3, 0.4) is 0 Å². The van der Waals surface area contributed by atoms with E-state index >= 15 is 0 Å². The molecule has 0 unspecified atom stereocenters. The number of nitrogens with two attached hydrogens (primary N) is 1. The SMILES string of the molecule is NCCC[C@@H]1CCO[C@H](c2ccccc2)O1. The lowest BCUT2D eigenvalue weighted by Gasteiger charge is -2.30. The summed E-state index contributed by atoms with van der Waals surface area (Å²) in [4.78, 5) is 0. The molecule has 1 fully saturated rings. The molecule has 3 nitrogen and oxygen atoms in total. The number of benzene rings is 1. The number of hydrogen-bond donors (Lipinski definition) is 1. The average Bonchev–Trinajstić information content (AvgIpc) is 2.38. The van der Waals surface area contributed by atoms with Crippen LogP contribution in [0.5, 0.6) is 0 Å². The fraction of sp³-hybridized carbons (Fsp3) is 0.538. The maximum Gasteiger partial charge on any atom is 0.184 e. The van der Waals surface area contributed by atoms with Gasteiger partial charge >= 0.3 is 0 Å². The Balaban J connectivity index is 1.91. The highest BCUT2D eigenvalue weighted by Gasteiger charge is 2.23. The Labute approximate surface area is 96.5 Å². The minimum Gasteiger partial charge on any atom is -0.348 e. The summed E-state index contributed by atoms with van der Waals surface area (Å²) in [7, 11) is 0. The number of hydrogen-bond acceptors (Lipinski definition) is 3. The van der Waals surface area contributed by atoms with Gasteiger partial charge in [0.1, 0.15) is 0 Å². The molecule has 0 radical (unpaired) electrons. The zero-order valence-corrected chi connectivity index (χ0v) is 9.47. The smallest absolute Gasteiger partial charge is 0.184 e. The van der Waals surface area contributed by atoms with Gasteiger partial charge in [-0.05, 0) is 25.8 Å². The first-order valence-corrected chi connectivity index (χ1v) is 5.92. The van der Waals surface area contributed by atoms with Gasteiger partial charge in [0.2, 0.25) is 0 Å². The molecule has 1 heterocycles. The van der Waals surface area contributed by atoms with Gasteiger partial charge in [-0.15, -0.1) is 0 Å². The van der Waals surface area contributed by atoms with Crippen molar-refractivity contribution >= 4 is 0 Å². The van der Waals surface area contributed by atoms with E-state index < -0.39 is 0 Å². The zero-order valence-electron chi connectivity index (χ0n) is 9.47. The number of ether oxygens (including phenoxy) is 2.